The van der Waals surface area contributed by atoms with Gasteiger partial charge < -0.3 is 59.3 Å². The number of ether oxygens (including phenoxy) is 1. The highest BCUT2D eigenvalue weighted by Gasteiger charge is 2.54. The van der Waals surface area contributed by atoms with Gasteiger partial charge in [0, 0.05) is 86.4 Å². The lowest BCUT2D eigenvalue weighted by atomic mass is 9.95. The molecule has 8 aliphatic rings. The molecule has 3 aromatic carbocycles. The Balaban J connectivity index is 0.000000141. The topological polar surface area (TPSA) is 361 Å². The molecule has 5 fully saturated rings. The number of rotatable bonds is 14. The fourth-order valence-electron chi connectivity index (χ4n) is 20.9. The normalized spacial score (nSPS) is 19.0. The lowest BCUT2D eigenvalue weighted by molar-refractivity contribution is -0.132. The van der Waals surface area contributed by atoms with Crippen LogP contribution in [0, 0.1) is 49.9 Å². The second-order valence-electron chi connectivity index (χ2n) is 37.9. The highest BCUT2D eigenvalue weighted by molar-refractivity contribution is 6.34. The number of anilines is 6. The Morgan fingerprint density at radius 2 is 0.782 bits per heavy atom. The van der Waals surface area contributed by atoms with Crippen LogP contribution in [0.4, 0.5) is 56.1 Å². The smallest absolute Gasteiger partial charge is 0.283 e. The number of hydrogen-bond acceptors (Lipinski definition) is 24. The van der Waals surface area contributed by atoms with Gasteiger partial charge in [0.05, 0.1) is 129 Å². The van der Waals surface area contributed by atoms with Crippen LogP contribution >= 0.6 is 11.6 Å². The fraction of sp³-hybridized carbons (Fsp3) is 0.340. The first-order chi connectivity index (χ1) is 67.6. The number of nitrogens with zero attached hydrogens (tertiary/aromatic N) is 20. The second-order valence-corrected chi connectivity index (χ2v) is 38.3. The van der Waals surface area contributed by atoms with Gasteiger partial charge >= 0.3 is 0 Å². The van der Waals surface area contributed by atoms with Crippen molar-refractivity contribution >= 4 is 114 Å². The van der Waals surface area contributed by atoms with E-state index in [1.165, 1.54) is 113 Å². The van der Waals surface area contributed by atoms with Crippen molar-refractivity contribution in [1.29, 1.82) is 0 Å². The molecule has 5 saturated heterocycles. The van der Waals surface area contributed by atoms with E-state index in [0.717, 1.165) is 23.8 Å². The number of aromatic hydroxyl groups is 3. The van der Waals surface area contributed by atoms with Crippen LogP contribution in [0.3, 0.4) is 0 Å². The summed E-state index contributed by atoms with van der Waals surface area (Å²) >= 11 is 6.91. The van der Waals surface area contributed by atoms with E-state index in [9.17, 15) is 48.9 Å². The molecule has 17 heterocycles. The molecular formula is C103H102ClF5N20O13. The first-order valence-electron chi connectivity index (χ1n) is 46.5. The highest BCUT2D eigenvalue weighted by Crippen LogP contribution is 2.51. The molecule has 0 saturated carbocycles. The number of aryl methyl sites for hydroxylation is 3. The summed E-state index contributed by atoms with van der Waals surface area (Å²) in [5, 5.41) is 32.8. The Morgan fingerprint density at radius 3 is 1.15 bits per heavy atom. The van der Waals surface area contributed by atoms with E-state index in [4.69, 9.17) is 21.3 Å². The molecular weight excluding hydrogens is 1860 g/mol. The maximum Gasteiger partial charge on any atom is 0.283 e. The molecule has 9 aromatic heterocycles. The number of aromatic nitrogens is 10. The third-order valence-electron chi connectivity index (χ3n) is 27.8. The summed E-state index contributed by atoms with van der Waals surface area (Å²) in [6.45, 7) is 35.4. The first kappa shape index (κ1) is 97.1. The quantitative estimate of drug-likeness (QED) is 0.0672. The van der Waals surface area contributed by atoms with E-state index in [1.807, 2.05) is 86.1 Å². The number of benzene rings is 3. The monoisotopic (exact) mass is 1960 g/mol. The number of pyridine rings is 8. The van der Waals surface area contributed by atoms with Gasteiger partial charge in [0.25, 0.3) is 34.4 Å². The predicted molar refractivity (Wildman–Crippen MR) is 528 cm³/mol. The Labute approximate surface area is 815 Å². The Bertz CT molecular complexity index is 7550. The van der Waals surface area contributed by atoms with Crippen molar-refractivity contribution in [2.24, 2.45) is 0 Å². The number of likely N-dealkylation sites (tertiary alicyclic amines) is 1. The van der Waals surface area contributed by atoms with E-state index < -0.39 is 116 Å². The molecule has 3 N–H and O–H groups in total. The van der Waals surface area contributed by atoms with Crippen LogP contribution in [0.5, 0.6) is 17.2 Å². The molecule has 20 rings (SSSR count). The average molecular weight is 1960 g/mol. The zero-order valence-electron chi connectivity index (χ0n) is 80.2. The fourth-order valence-corrected chi connectivity index (χ4v) is 21.1. The van der Waals surface area contributed by atoms with E-state index in [0.29, 0.717) is 75.3 Å². The minimum Gasteiger partial charge on any atom is -0.507 e. The van der Waals surface area contributed by atoms with Crippen LogP contribution < -0.4 is 46.1 Å². The molecule has 0 aliphatic carbocycles. The molecule has 6 unspecified atom stereocenters. The summed E-state index contributed by atoms with van der Waals surface area (Å²) in [4.78, 5) is 175. The van der Waals surface area contributed by atoms with Crippen molar-refractivity contribution in [2.45, 2.75) is 149 Å². The number of halogens is 6. The number of amides is 6. The Hall–Kier alpha value is -15.2. The van der Waals surface area contributed by atoms with Gasteiger partial charge in [0.15, 0.2) is 28.6 Å². The predicted octanol–water partition coefficient (Wildman–Crippen LogP) is 12.7. The number of phenolic OH excluding ortho intramolecular Hbond substituents is 3. The van der Waals surface area contributed by atoms with Gasteiger partial charge in [-0.2, -0.15) is 0 Å². The molecule has 734 valence electrons. The third kappa shape index (κ3) is 15.7. The minimum absolute atomic E-state index is 0.0110. The summed E-state index contributed by atoms with van der Waals surface area (Å²) in [5.41, 5.74) is 2.19. The first-order valence-corrected chi connectivity index (χ1v) is 46.9. The van der Waals surface area contributed by atoms with Gasteiger partial charge in [-0.15, -0.1) is 0 Å². The zero-order valence-corrected chi connectivity index (χ0v) is 81.0. The Morgan fingerprint density at radius 1 is 0.430 bits per heavy atom. The van der Waals surface area contributed by atoms with Gasteiger partial charge in [-0.25, -0.2) is 46.9 Å². The SMILES string of the molecule is C=CC(=O)N1CC2C(=O)N(C)c3c(c4cc(F)c(-c5c(O)cccc5F)nc4n(-c4c(C)ncnc4C(C)C)c3=O)N2CC1C.C=CC(=O)N1CC2C(=O)N(C3CN(C)C3)c3c(c4cc(F)c(-c5c(O)cccc5F)nc4n(-c4c(C)ccnc4C(C)C)c3=O)N2CC1C.C=CC(=O)N1CC2C(=O)N(C3COC3)c3c(c4cc(Cl)c(-c5c(O)cccc5F)nc4n(-c4c(C)ccnc4C(C)C)c3=O)N2CC1C. The number of carbonyl (C=O) groups is 6. The number of phenols is 3. The maximum atomic E-state index is 16.4. The molecule has 33 nitrogen and oxygen atoms in total. The summed E-state index contributed by atoms with van der Waals surface area (Å²) in [7, 11) is 3.37. The van der Waals surface area contributed by atoms with E-state index >= 15 is 31.5 Å². The molecule has 142 heavy (non-hydrogen) atoms. The average Bonchev–Trinajstić information content (AvgIpc) is 0.706. The number of carbonyl (C=O) groups excluding carboxylic acids is 6. The molecule has 0 radical (unpaired) electrons. The lowest BCUT2D eigenvalue weighted by Crippen LogP contribution is -2.71. The summed E-state index contributed by atoms with van der Waals surface area (Å²) in [5.74, 6) is -8.33. The maximum absolute atomic E-state index is 16.4. The van der Waals surface area contributed by atoms with Crippen LogP contribution in [-0.4, -0.2) is 247 Å². The largest absolute Gasteiger partial charge is 0.507 e. The number of piperazine rings is 3. The second kappa shape index (κ2) is 37.1. The molecule has 6 amide bonds. The minimum atomic E-state index is -0.954. The molecule has 8 aliphatic heterocycles. The van der Waals surface area contributed by atoms with Gasteiger partial charge in [0.2, 0.25) is 17.7 Å². The number of likely N-dealkylation sites (N-methyl/N-ethyl adjacent to an activating group) is 2. The van der Waals surface area contributed by atoms with Crippen LogP contribution in [0.25, 0.3) is 83.9 Å². The molecule has 12 aromatic rings. The zero-order chi connectivity index (χ0) is 102. The lowest BCUT2D eigenvalue weighted by Gasteiger charge is -2.53. The van der Waals surface area contributed by atoms with Gasteiger partial charge in [0.1, 0.15) is 87.6 Å². The van der Waals surface area contributed by atoms with Crippen molar-refractivity contribution in [2.75, 3.05) is 109 Å². The summed E-state index contributed by atoms with van der Waals surface area (Å²) in [6.07, 6.45) is 8.31. The molecule has 39 heteroatoms. The van der Waals surface area contributed by atoms with Gasteiger partial charge in [-0.1, -0.05) is 91.1 Å². The van der Waals surface area contributed by atoms with Crippen molar-refractivity contribution < 1.29 is 70.8 Å². The molecule has 0 spiro atoms. The molecule has 6 atom stereocenters. The van der Waals surface area contributed by atoms with E-state index in [1.54, 1.807) is 64.0 Å². The summed E-state index contributed by atoms with van der Waals surface area (Å²) in [6, 6.07) is 14.1. The molecule has 0 bridgehead atoms. The number of fused-ring (bicyclic) bond motifs is 15. The van der Waals surface area contributed by atoms with E-state index in [2.05, 4.69) is 49.6 Å². The van der Waals surface area contributed by atoms with Gasteiger partial charge in [-0.3, -0.25) is 76.6 Å². The van der Waals surface area contributed by atoms with Crippen LogP contribution in [0.2, 0.25) is 5.02 Å². The van der Waals surface area contributed by atoms with Crippen LogP contribution in [0.1, 0.15) is 114 Å². The van der Waals surface area contributed by atoms with Crippen molar-refractivity contribution in [3.63, 3.8) is 0 Å². The third-order valence-corrected chi connectivity index (χ3v) is 28.1. The van der Waals surface area contributed by atoms with Crippen LogP contribution in [-0.2, 0) is 33.5 Å². The van der Waals surface area contributed by atoms with E-state index in [-0.39, 0.29) is 190 Å². The number of hydrogen-bond donors (Lipinski definition) is 3. The van der Waals surface area contributed by atoms with Gasteiger partial charge in [-0.05, 0) is 162 Å². The van der Waals surface area contributed by atoms with Crippen molar-refractivity contribution in [3.8, 4) is 68.1 Å². The Kier molecular flexibility index (Phi) is 25.4. The van der Waals surface area contributed by atoms with Crippen molar-refractivity contribution in [1.82, 2.24) is 68.2 Å². The standard InChI is InChI=1S/C36H37F2N7O4.C35H34ClFN6O5.C32H31F2N7O4/c1-7-27(47)42-17-25-35(48)44(21-15-41(6)16-21)33-32(43(25)14-20(42)5)22-13-24(38)30(28-23(37)9-8-10-26(28)46)40-34(22)45(36(33)49)31-19(4)11-12-39-29(31)18(2)3;1-6-26(45)40-14-24-34(46)42(20-15-48-16-20)32-31(41(24)13-19(40)5)21-12-22(36)29(27-23(37)8-7-9-25(27)44)39-33(21)43(35(32)47)30-18(4)10-11-38-28(30)17(2)3;1-7-23(43)39-13-21-31(44)38(6)29-28(40(21)12-16(39)4)18-11-20(34)26(24-19(33)9-8-10-22(24)42)37-30(18)41(32(29)45)27-17(5)35-14-36-25(27)15(2)3/h7-13,18,20-21,25,46H,1,14-17H2,2-6H3;6-12,17,19-20,24,44H,1,13-16H2,2-5H3;7-11,14-16,21,42H,1,12-13H2,2-6H3. The summed E-state index contributed by atoms with van der Waals surface area (Å²) < 4.78 is 87.7. The highest BCUT2D eigenvalue weighted by atomic mass is 35.5. The van der Waals surface area contributed by atoms with Crippen LogP contribution in [0.15, 0.2) is 156 Å². The van der Waals surface area contributed by atoms with Crippen molar-refractivity contribution in [3.05, 3.63) is 241 Å².